The lowest BCUT2D eigenvalue weighted by Crippen LogP contribution is -2.31. The number of halogens is 2. The van der Waals surface area contributed by atoms with E-state index in [9.17, 15) is 4.79 Å². The normalized spacial score (nSPS) is 12.3. The first-order valence-electron chi connectivity index (χ1n) is 4.66. The molecule has 1 aromatic rings. The molecule has 4 heteroatoms. The molecular weight excluding hydrogens is 324 g/mol. The molecule has 0 heterocycles. The quantitative estimate of drug-likeness (QED) is 0.613. The van der Waals surface area contributed by atoms with Crippen molar-refractivity contribution in [2.24, 2.45) is 0 Å². The van der Waals surface area contributed by atoms with E-state index in [0.29, 0.717) is 6.54 Å². The zero-order chi connectivity index (χ0) is 11.4. The molecule has 1 unspecified atom stereocenters. The molecule has 0 radical (unpaired) electrons. The maximum atomic E-state index is 12.0. The van der Waals surface area contributed by atoms with Crippen molar-refractivity contribution in [2.45, 2.75) is 12.3 Å². The van der Waals surface area contributed by atoms with Crippen LogP contribution in [-0.2, 0) is 0 Å². The van der Waals surface area contributed by atoms with Gasteiger partial charge in [0.1, 0.15) is 0 Å². The van der Waals surface area contributed by atoms with Crippen LogP contribution < -0.4 is 0 Å². The maximum Gasteiger partial charge on any atom is 0.254 e. The van der Waals surface area contributed by atoms with E-state index in [1.807, 2.05) is 31.2 Å². The second-order valence-electron chi connectivity index (χ2n) is 3.45. The van der Waals surface area contributed by atoms with Crippen LogP contribution in [0.4, 0.5) is 0 Å². The predicted octanol–water partition coefficient (Wildman–Crippen LogP) is 2.99. The summed E-state index contributed by atoms with van der Waals surface area (Å²) in [4.78, 5) is 13.6. The van der Waals surface area contributed by atoms with E-state index in [1.165, 1.54) is 0 Å². The van der Waals surface area contributed by atoms with Crippen LogP contribution in [0, 0.1) is 3.57 Å². The lowest BCUT2D eigenvalue weighted by atomic mass is 10.2. The van der Waals surface area contributed by atoms with E-state index in [0.717, 1.165) is 9.13 Å². The van der Waals surface area contributed by atoms with Gasteiger partial charge in [0.15, 0.2) is 0 Å². The van der Waals surface area contributed by atoms with Crippen LogP contribution in [0.15, 0.2) is 24.3 Å². The smallest absolute Gasteiger partial charge is 0.254 e. The molecule has 2 nitrogen and oxygen atoms in total. The van der Waals surface area contributed by atoms with Gasteiger partial charge < -0.3 is 4.90 Å². The molecule has 1 rings (SSSR count). The summed E-state index contributed by atoms with van der Waals surface area (Å²) < 4.78 is 0.967. The van der Waals surface area contributed by atoms with E-state index < -0.39 is 0 Å². The number of hydrogen-bond acceptors (Lipinski definition) is 1. The topological polar surface area (TPSA) is 20.3 Å². The lowest BCUT2D eigenvalue weighted by molar-refractivity contribution is 0.0795. The fourth-order valence-electron chi connectivity index (χ4n) is 1.30. The third-order valence-corrected chi connectivity index (χ3v) is 3.06. The lowest BCUT2D eigenvalue weighted by Gasteiger charge is -2.19. The SMILES string of the molecule is CC(Cl)CN(C)C(=O)c1ccccc1I. The third kappa shape index (κ3) is 3.65. The Morgan fingerprint density at radius 1 is 1.53 bits per heavy atom. The average molecular weight is 338 g/mol. The van der Waals surface area contributed by atoms with Crippen molar-refractivity contribution in [3.63, 3.8) is 0 Å². The Morgan fingerprint density at radius 3 is 2.67 bits per heavy atom. The van der Waals surface area contributed by atoms with Crippen molar-refractivity contribution in [3.8, 4) is 0 Å². The summed E-state index contributed by atoms with van der Waals surface area (Å²) in [5.74, 6) is 0.0208. The largest absolute Gasteiger partial charge is 0.340 e. The van der Waals surface area contributed by atoms with Crippen LogP contribution in [0.25, 0.3) is 0 Å². The van der Waals surface area contributed by atoms with Crippen LogP contribution in [-0.4, -0.2) is 29.8 Å². The summed E-state index contributed by atoms with van der Waals surface area (Å²) in [6, 6.07) is 7.54. The van der Waals surface area contributed by atoms with Gasteiger partial charge >= 0.3 is 0 Å². The molecule has 0 aliphatic rings. The fraction of sp³-hybridized carbons (Fsp3) is 0.364. The van der Waals surface area contributed by atoms with Gasteiger partial charge in [-0.3, -0.25) is 4.79 Å². The van der Waals surface area contributed by atoms with E-state index in [-0.39, 0.29) is 11.3 Å². The van der Waals surface area contributed by atoms with Gasteiger partial charge in [-0.25, -0.2) is 0 Å². The number of carbonyl (C=O) groups is 1. The van der Waals surface area contributed by atoms with Gasteiger partial charge in [0.2, 0.25) is 0 Å². The summed E-state index contributed by atoms with van der Waals surface area (Å²) in [6.07, 6.45) is 0. The predicted molar refractivity (Wildman–Crippen MR) is 71.4 cm³/mol. The van der Waals surface area contributed by atoms with Crippen LogP contribution in [0.1, 0.15) is 17.3 Å². The molecule has 0 aromatic heterocycles. The van der Waals surface area contributed by atoms with Gasteiger partial charge in [-0.05, 0) is 41.6 Å². The highest BCUT2D eigenvalue weighted by atomic mass is 127. The Morgan fingerprint density at radius 2 is 2.13 bits per heavy atom. The van der Waals surface area contributed by atoms with Crippen molar-refractivity contribution in [3.05, 3.63) is 33.4 Å². The number of nitrogens with zero attached hydrogens (tertiary/aromatic N) is 1. The summed E-state index contributed by atoms with van der Waals surface area (Å²) in [5, 5.41) is -0.0275. The van der Waals surface area contributed by atoms with E-state index >= 15 is 0 Å². The van der Waals surface area contributed by atoms with Gasteiger partial charge in [0.25, 0.3) is 5.91 Å². The standard InChI is InChI=1S/C11H13ClINO/c1-8(12)7-14(2)11(15)9-5-3-4-6-10(9)13/h3-6,8H,7H2,1-2H3. The van der Waals surface area contributed by atoms with Crippen LogP contribution in [0.5, 0.6) is 0 Å². The van der Waals surface area contributed by atoms with Crippen molar-refractivity contribution in [1.82, 2.24) is 4.90 Å². The highest BCUT2D eigenvalue weighted by molar-refractivity contribution is 14.1. The highest BCUT2D eigenvalue weighted by Gasteiger charge is 2.15. The van der Waals surface area contributed by atoms with E-state index in [1.54, 1.807) is 11.9 Å². The Labute approximate surface area is 109 Å². The molecule has 1 aromatic carbocycles. The van der Waals surface area contributed by atoms with E-state index in [2.05, 4.69) is 22.6 Å². The van der Waals surface area contributed by atoms with Gasteiger partial charge in [-0.1, -0.05) is 12.1 Å². The molecule has 0 saturated heterocycles. The van der Waals surface area contributed by atoms with Gasteiger partial charge in [0.05, 0.1) is 5.56 Å². The molecule has 1 atom stereocenters. The minimum atomic E-state index is -0.0275. The Hall–Kier alpha value is -0.290. The number of alkyl halides is 1. The second kappa shape index (κ2) is 5.70. The number of rotatable bonds is 3. The minimum Gasteiger partial charge on any atom is -0.340 e. The molecule has 0 saturated carbocycles. The number of benzene rings is 1. The number of amides is 1. The first-order chi connectivity index (χ1) is 7.02. The van der Waals surface area contributed by atoms with Crippen LogP contribution >= 0.6 is 34.2 Å². The van der Waals surface area contributed by atoms with Crippen molar-refractivity contribution in [1.29, 1.82) is 0 Å². The summed E-state index contributed by atoms with van der Waals surface area (Å²) in [5.41, 5.74) is 0.734. The first kappa shape index (κ1) is 12.8. The Kier molecular flexibility index (Phi) is 4.86. The van der Waals surface area contributed by atoms with Crippen molar-refractivity contribution >= 4 is 40.1 Å². The van der Waals surface area contributed by atoms with Crippen molar-refractivity contribution < 1.29 is 4.79 Å². The molecule has 0 aliphatic carbocycles. The second-order valence-corrected chi connectivity index (χ2v) is 5.35. The van der Waals surface area contributed by atoms with Gasteiger partial charge in [-0.15, -0.1) is 11.6 Å². The van der Waals surface area contributed by atoms with Crippen LogP contribution in [0.3, 0.4) is 0 Å². The van der Waals surface area contributed by atoms with E-state index in [4.69, 9.17) is 11.6 Å². The molecule has 15 heavy (non-hydrogen) atoms. The zero-order valence-corrected chi connectivity index (χ0v) is 11.6. The summed E-state index contributed by atoms with van der Waals surface area (Å²) >= 11 is 8.01. The Bertz CT molecular complexity index is 354. The van der Waals surface area contributed by atoms with Crippen molar-refractivity contribution in [2.75, 3.05) is 13.6 Å². The van der Waals surface area contributed by atoms with Gasteiger partial charge in [-0.2, -0.15) is 0 Å². The molecule has 82 valence electrons. The minimum absolute atomic E-state index is 0.0208. The summed E-state index contributed by atoms with van der Waals surface area (Å²) in [6.45, 7) is 2.44. The average Bonchev–Trinajstić information content (AvgIpc) is 2.16. The molecule has 0 bridgehead atoms. The molecule has 0 fully saturated rings. The fourth-order valence-corrected chi connectivity index (χ4v) is 2.13. The molecule has 0 aliphatic heterocycles. The van der Waals surface area contributed by atoms with Gasteiger partial charge in [0, 0.05) is 22.5 Å². The molecular formula is C11H13ClINO. The number of carbonyl (C=O) groups excluding carboxylic acids is 1. The number of hydrogen-bond donors (Lipinski definition) is 0. The Balaban J connectivity index is 2.81. The maximum absolute atomic E-state index is 12.0. The third-order valence-electron chi connectivity index (χ3n) is 1.98. The molecule has 0 N–H and O–H groups in total. The molecule has 1 amide bonds. The summed E-state index contributed by atoms with van der Waals surface area (Å²) in [7, 11) is 1.77. The highest BCUT2D eigenvalue weighted by Crippen LogP contribution is 2.13. The molecule has 0 spiro atoms. The monoisotopic (exact) mass is 337 g/mol. The zero-order valence-electron chi connectivity index (χ0n) is 8.71. The van der Waals surface area contributed by atoms with Crippen LogP contribution in [0.2, 0.25) is 0 Å². The first-order valence-corrected chi connectivity index (χ1v) is 6.18.